The molecule has 11 atom stereocenters. The second-order valence-electron chi connectivity index (χ2n) is 16.9. The van der Waals surface area contributed by atoms with Crippen LogP contribution in [0.3, 0.4) is 0 Å². The average molecular weight is 593 g/mol. The number of allylic oxidation sites excluding steroid dienone is 2. The van der Waals surface area contributed by atoms with Crippen LogP contribution in [-0.4, -0.2) is 45.4 Å². The molecule has 4 saturated carbocycles. The number of rotatable bonds is 3. The van der Waals surface area contributed by atoms with Gasteiger partial charge in [-0.1, -0.05) is 77.4 Å². The van der Waals surface area contributed by atoms with Crippen LogP contribution in [0.5, 0.6) is 0 Å². The summed E-state index contributed by atoms with van der Waals surface area (Å²) in [4.78, 5) is 28.2. The molecule has 0 radical (unpaired) electrons. The highest BCUT2D eigenvalue weighted by Crippen LogP contribution is 2.75. The van der Waals surface area contributed by atoms with Crippen molar-refractivity contribution in [3.8, 4) is 0 Å². The van der Waals surface area contributed by atoms with Crippen LogP contribution in [0.1, 0.15) is 99.0 Å². The van der Waals surface area contributed by atoms with E-state index in [9.17, 15) is 24.9 Å². The monoisotopic (exact) mass is 592 g/mol. The topological polar surface area (TPSA) is 104 Å². The molecule has 0 aliphatic heterocycles. The Morgan fingerprint density at radius 2 is 1.53 bits per heavy atom. The summed E-state index contributed by atoms with van der Waals surface area (Å²) < 4.78 is 5.90. The van der Waals surface area contributed by atoms with Crippen molar-refractivity contribution < 1.29 is 29.6 Å². The van der Waals surface area contributed by atoms with E-state index in [0.29, 0.717) is 6.42 Å². The quantitative estimate of drug-likeness (QED) is 0.371. The van der Waals surface area contributed by atoms with E-state index in [2.05, 4.69) is 20.8 Å². The molecule has 0 saturated heterocycles. The number of aliphatic hydroxyl groups is 3. The Morgan fingerprint density at radius 1 is 0.884 bits per heavy atom. The number of carbonyl (C=O) groups excluding carboxylic acids is 2. The van der Waals surface area contributed by atoms with Crippen LogP contribution in [0.25, 0.3) is 0 Å². The van der Waals surface area contributed by atoms with Gasteiger partial charge in [-0.3, -0.25) is 9.59 Å². The van der Waals surface area contributed by atoms with E-state index in [-0.39, 0.29) is 41.0 Å². The number of aliphatic hydroxyl groups excluding tert-OH is 3. The molecule has 1 aromatic rings. The van der Waals surface area contributed by atoms with E-state index in [0.717, 1.165) is 44.1 Å². The van der Waals surface area contributed by atoms with Gasteiger partial charge in [0.25, 0.3) is 0 Å². The molecule has 5 aliphatic carbocycles. The Kier molecular flexibility index (Phi) is 7.02. The summed E-state index contributed by atoms with van der Waals surface area (Å²) in [5, 5.41) is 33.7. The van der Waals surface area contributed by atoms with Gasteiger partial charge < -0.3 is 20.1 Å². The van der Waals surface area contributed by atoms with Gasteiger partial charge >= 0.3 is 5.97 Å². The van der Waals surface area contributed by atoms with Gasteiger partial charge in [0.05, 0.1) is 17.6 Å². The summed E-state index contributed by atoms with van der Waals surface area (Å²) in [6, 6.07) is 9.78. The molecule has 236 valence electrons. The number of hydrogen-bond donors (Lipinski definition) is 3. The summed E-state index contributed by atoms with van der Waals surface area (Å²) in [5.41, 5.74) is -0.716. The molecular formula is C37H52O6. The Morgan fingerprint density at radius 3 is 2.21 bits per heavy atom. The van der Waals surface area contributed by atoms with Crippen molar-refractivity contribution in [3.63, 3.8) is 0 Å². The summed E-state index contributed by atoms with van der Waals surface area (Å²) in [7, 11) is 0. The summed E-state index contributed by atoms with van der Waals surface area (Å²) in [6.45, 7) is 15.2. The molecule has 3 N–H and O–H groups in total. The lowest BCUT2D eigenvalue weighted by atomic mass is 9.33. The lowest BCUT2D eigenvalue weighted by Crippen LogP contribution is -2.73. The zero-order chi connectivity index (χ0) is 31.4. The third-order valence-electron chi connectivity index (χ3n) is 14.4. The van der Waals surface area contributed by atoms with Crippen LogP contribution < -0.4 is 0 Å². The number of ketones is 1. The summed E-state index contributed by atoms with van der Waals surface area (Å²) in [5.74, 6) is -0.629. The van der Waals surface area contributed by atoms with Gasteiger partial charge in [0.1, 0.15) is 12.7 Å². The average Bonchev–Trinajstić information content (AvgIpc) is 2.96. The van der Waals surface area contributed by atoms with E-state index in [1.165, 1.54) is 5.57 Å². The molecule has 1 aromatic carbocycles. The molecule has 4 fully saturated rings. The van der Waals surface area contributed by atoms with Crippen LogP contribution >= 0.6 is 0 Å². The molecule has 6 rings (SSSR count). The highest BCUT2D eigenvalue weighted by molar-refractivity contribution is 5.96. The van der Waals surface area contributed by atoms with Crippen molar-refractivity contribution in [2.24, 2.45) is 50.2 Å². The predicted octanol–water partition coefficient (Wildman–Crippen LogP) is 6.01. The molecule has 0 bridgehead atoms. The Bertz CT molecular complexity index is 1340. The molecule has 0 spiro atoms. The smallest absolute Gasteiger partial charge is 0.312 e. The minimum Gasteiger partial charge on any atom is -0.460 e. The Hall–Kier alpha value is -2.02. The first kappa shape index (κ1) is 31.0. The van der Waals surface area contributed by atoms with Crippen molar-refractivity contribution in [2.45, 2.75) is 118 Å². The third-order valence-corrected chi connectivity index (χ3v) is 14.4. The number of hydrogen-bond acceptors (Lipinski definition) is 6. The fourth-order valence-corrected chi connectivity index (χ4v) is 11.3. The highest BCUT2D eigenvalue weighted by atomic mass is 16.5. The maximum absolute atomic E-state index is 14.5. The van der Waals surface area contributed by atoms with Crippen molar-refractivity contribution in [3.05, 3.63) is 47.5 Å². The van der Waals surface area contributed by atoms with E-state index in [1.807, 2.05) is 64.1 Å². The zero-order valence-corrected chi connectivity index (χ0v) is 27.2. The number of esters is 1. The number of benzene rings is 1. The van der Waals surface area contributed by atoms with E-state index >= 15 is 0 Å². The summed E-state index contributed by atoms with van der Waals surface area (Å²) >= 11 is 0. The first-order valence-electron chi connectivity index (χ1n) is 16.5. The van der Waals surface area contributed by atoms with Gasteiger partial charge in [0.2, 0.25) is 0 Å². The zero-order valence-electron chi connectivity index (χ0n) is 27.2. The molecular weight excluding hydrogens is 540 g/mol. The van der Waals surface area contributed by atoms with Gasteiger partial charge in [0, 0.05) is 11.3 Å². The molecule has 0 aromatic heterocycles. The maximum Gasteiger partial charge on any atom is 0.312 e. The minimum absolute atomic E-state index is 0.00178. The molecule has 43 heavy (non-hydrogen) atoms. The van der Waals surface area contributed by atoms with E-state index in [1.54, 1.807) is 0 Å². The first-order chi connectivity index (χ1) is 20.0. The van der Waals surface area contributed by atoms with Crippen LogP contribution in [-0.2, 0) is 20.9 Å². The lowest BCUT2D eigenvalue weighted by Gasteiger charge is -2.71. The van der Waals surface area contributed by atoms with Crippen LogP contribution in [0.4, 0.5) is 0 Å². The predicted molar refractivity (Wildman–Crippen MR) is 164 cm³/mol. The van der Waals surface area contributed by atoms with Gasteiger partial charge in [0.15, 0.2) is 5.78 Å². The second kappa shape index (κ2) is 9.74. The van der Waals surface area contributed by atoms with Gasteiger partial charge in [-0.05, 0) is 97.0 Å². The molecule has 5 aliphatic rings. The Labute approximate surface area is 257 Å². The van der Waals surface area contributed by atoms with Crippen LogP contribution in [0.15, 0.2) is 42.0 Å². The molecule has 0 amide bonds. The molecule has 0 heterocycles. The van der Waals surface area contributed by atoms with Gasteiger partial charge in [-0.25, -0.2) is 0 Å². The van der Waals surface area contributed by atoms with Crippen molar-refractivity contribution >= 4 is 11.8 Å². The van der Waals surface area contributed by atoms with Crippen molar-refractivity contribution in [1.29, 1.82) is 0 Å². The molecule has 6 heteroatoms. The van der Waals surface area contributed by atoms with Crippen molar-refractivity contribution in [2.75, 3.05) is 0 Å². The number of fused-ring (bicyclic) bond motifs is 7. The molecule has 6 nitrogen and oxygen atoms in total. The lowest BCUT2D eigenvalue weighted by molar-refractivity contribution is -0.272. The Balaban J connectivity index is 1.37. The van der Waals surface area contributed by atoms with Gasteiger partial charge in [-0.15, -0.1) is 0 Å². The van der Waals surface area contributed by atoms with Crippen LogP contribution in [0.2, 0.25) is 0 Å². The normalized spacial score (nSPS) is 48.6. The molecule has 0 unspecified atom stereocenters. The fraction of sp³-hybridized carbons (Fsp3) is 0.730. The van der Waals surface area contributed by atoms with Crippen molar-refractivity contribution in [1.82, 2.24) is 0 Å². The maximum atomic E-state index is 14.5. The van der Waals surface area contributed by atoms with Gasteiger partial charge in [-0.2, -0.15) is 0 Å². The standard InChI is InChI=1S/C37H52O6/c1-32(2)26-13-14-36(6)28(37(26,7)30(41)27(39)29(32)40)25(38)19-23-24-20-34(4,16-15-33(24,3)17-18-35(23,36)5)31(42)43-21-22-11-9-8-10-12-22/h8-12,19,24,26-30,39-41H,13-18,20-21H2,1-7H3/t24-,26-,27+,28-,29-,30-,33+,34-,35+,36+,37-/m0/s1. The number of ether oxygens (including phenoxy) is 1. The van der Waals surface area contributed by atoms with Crippen LogP contribution in [0, 0.1) is 50.2 Å². The van der Waals surface area contributed by atoms with E-state index < -0.39 is 45.9 Å². The number of carbonyl (C=O) groups is 2. The second-order valence-corrected chi connectivity index (χ2v) is 16.9. The van der Waals surface area contributed by atoms with E-state index in [4.69, 9.17) is 4.74 Å². The largest absolute Gasteiger partial charge is 0.460 e. The SMILES string of the molecule is CC1(C)[C@@H](O)[C@@H](O)[C@H](O)[C@]2(C)[C@H]3C(=O)C=C4[C@@H]5C[C@@](C)(C(=O)OCc6ccccc6)CC[C@]5(C)CC[C@@]4(C)[C@]3(C)CC[C@@H]12. The first-order valence-corrected chi connectivity index (χ1v) is 16.5. The minimum atomic E-state index is -1.31. The highest BCUT2D eigenvalue weighted by Gasteiger charge is 2.73. The fourth-order valence-electron chi connectivity index (χ4n) is 11.3. The third kappa shape index (κ3) is 4.07. The summed E-state index contributed by atoms with van der Waals surface area (Å²) in [6.07, 6.45) is 4.25.